The average molecular weight is 240 g/mol. The van der Waals surface area contributed by atoms with Crippen molar-refractivity contribution in [3.05, 3.63) is 0 Å². The van der Waals surface area contributed by atoms with Gasteiger partial charge in [-0.25, -0.2) is 0 Å². The molecule has 0 aliphatic heterocycles. The number of ether oxygens (including phenoxy) is 1. The molecule has 0 aromatic heterocycles. The van der Waals surface area contributed by atoms with E-state index in [2.05, 4.69) is 24.2 Å². The van der Waals surface area contributed by atoms with Crippen LogP contribution in [0.5, 0.6) is 0 Å². The highest BCUT2D eigenvalue weighted by atomic mass is 16.5. The Balaban J connectivity index is 1.38. The van der Waals surface area contributed by atoms with Crippen molar-refractivity contribution < 1.29 is 4.74 Å². The second-order valence-corrected chi connectivity index (χ2v) is 5.90. The fourth-order valence-corrected chi connectivity index (χ4v) is 2.11. The molecule has 0 heterocycles. The summed E-state index contributed by atoms with van der Waals surface area (Å²) in [5.74, 6) is 1.85. The van der Waals surface area contributed by atoms with Crippen LogP contribution in [0, 0.1) is 11.8 Å². The molecule has 1 N–H and O–H groups in total. The molecular weight excluding hydrogens is 212 g/mol. The van der Waals surface area contributed by atoms with Crippen LogP contribution >= 0.6 is 0 Å². The molecule has 1 unspecified atom stereocenters. The summed E-state index contributed by atoms with van der Waals surface area (Å²) in [5.41, 5.74) is 0. The summed E-state index contributed by atoms with van der Waals surface area (Å²) in [7, 11) is 2.18. The number of hydrogen-bond acceptors (Lipinski definition) is 3. The van der Waals surface area contributed by atoms with Crippen LogP contribution in [0.4, 0.5) is 0 Å². The van der Waals surface area contributed by atoms with Crippen molar-refractivity contribution in [2.45, 2.75) is 38.6 Å². The first-order valence-electron chi connectivity index (χ1n) is 7.25. The molecule has 1 atom stereocenters. The minimum atomic E-state index is 0.717. The quantitative estimate of drug-likeness (QED) is 0.589. The fraction of sp³-hybridized carbons (Fsp3) is 1.00. The lowest BCUT2D eigenvalue weighted by Crippen LogP contribution is -2.36. The molecule has 0 saturated heterocycles. The monoisotopic (exact) mass is 240 g/mol. The standard InChI is InChI=1S/C14H28N2O/c1-12(14-5-6-14)15-7-8-16(2)9-10-17-11-13-3-4-13/h12-15H,3-11H2,1-2H3. The molecule has 17 heavy (non-hydrogen) atoms. The lowest BCUT2D eigenvalue weighted by molar-refractivity contribution is 0.103. The van der Waals surface area contributed by atoms with E-state index in [1.165, 1.54) is 25.7 Å². The molecule has 3 heteroatoms. The first-order valence-corrected chi connectivity index (χ1v) is 7.25. The van der Waals surface area contributed by atoms with Crippen LogP contribution in [0.15, 0.2) is 0 Å². The fourth-order valence-electron chi connectivity index (χ4n) is 2.11. The van der Waals surface area contributed by atoms with Gasteiger partial charge in [-0.15, -0.1) is 0 Å². The molecular formula is C14H28N2O. The number of nitrogens with one attached hydrogen (secondary N) is 1. The summed E-state index contributed by atoms with van der Waals surface area (Å²) in [4.78, 5) is 2.36. The van der Waals surface area contributed by atoms with Crippen molar-refractivity contribution in [2.75, 3.05) is 39.9 Å². The smallest absolute Gasteiger partial charge is 0.0593 e. The minimum absolute atomic E-state index is 0.717. The van der Waals surface area contributed by atoms with Crippen molar-refractivity contribution in [3.63, 3.8) is 0 Å². The second-order valence-electron chi connectivity index (χ2n) is 5.90. The zero-order valence-electron chi connectivity index (χ0n) is 11.5. The minimum Gasteiger partial charge on any atom is -0.380 e. The Morgan fingerprint density at radius 2 is 2.00 bits per heavy atom. The summed E-state index contributed by atoms with van der Waals surface area (Å²) in [6.07, 6.45) is 5.63. The third-order valence-corrected chi connectivity index (χ3v) is 3.96. The third kappa shape index (κ3) is 5.84. The van der Waals surface area contributed by atoms with Crippen LogP contribution in [-0.2, 0) is 4.74 Å². The molecule has 0 spiro atoms. The van der Waals surface area contributed by atoms with Crippen molar-refractivity contribution in [1.29, 1.82) is 0 Å². The second kappa shape index (κ2) is 6.72. The van der Waals surface area contributed by atoms with Gasteiger partial charge in [0.05, 0.1) is 6.61 Å². The maximum atomic E-state index is 5.64. The molecule has 0 aromatic rings. The van der Waals surface area contributed by atoms with Gasteiger partial charge in [0.1, 0.15) is 0 Å². The van der Waals surface area contributed by atoms with Crippen molar-refractivity contribution in [1.82, 2.24) is 10.2 Å². The molecule has 0 bridgehead atoms. The van der Waals surface area contributed by atoms with E-state index >= 15 is 0 Å². The van der Waals surface area contributed by atoms with Gasteiger partial charge in [0.15, 0.2) is 0 Å². The Morgan fingerprint density at radius 1 is 1.24 bits per heavy atom. The molecule has 0 radical (unpaired) electrons. The molecule has 0 amide bonds. The van der Waals surface area contributed by atoms with Crippen LogP contribution in [0.3, 0.4) is 0 Å². The van der Waals surface area contributed by atoms with E-state index < -0.39 is 0 Å². The average Bonchev–Trinajstić information content (AvgIpc) is 3.17. The molecule has 0 aromatic carbocycles. The first kappa shape index (κ1) is 13.3. The Hall–Kier alpha value is -0.120. The van der Waals surface area contributed by atoms with Crippen LogP contribution in [0.1, 0.15) is 32.6 Å². The van der Waals surface area contributed by atoms with Crippen LogP contribution in [-0.4, -0.2) is 50.8 Å². The Labute approximate surface area is 106 Å². The lowest BCUT2D eigenvalue weighted by Gasteiger charge is -2.19. The van der Waals surface area contributed by atoms with Gasteiger partial charge >= 0.3 is 0 Å². The summed E-state index contributed by atoms with van der Waals surface area (Å²) in [6.45, 7) is 7.50. The molecule has 2 rings (SSSR count). The van der Waals surface area contributed by atoms with E-state index in [1.54, 1.807) is 0 Å². The third-order valence-electron chi connectivity index (χ3n) is 3.96. The molecule has 2 aliphatic carbocycles. The van der Waals surface area contributed by atoms with Crippen LogP contribution in [0.2, 0.25) is 0 Å². The normalized spacial score (nSPS) is 22.1. The molecule has 100 valence electrons. The summed E-state index contributed by atoms with van der Waals surface area (Å²) >= 11 is 0. The van der Waals surface area contributed by atoms with Gasteiger partial charge in [-0.05, 0) is 51.5 Å². The summed E-state index contributed by atoms with van der Waals surface area (Å²) < 4.78 is 5.64. The van der Waals surface area contributed by atoms with E-state index in [0.717, 1.165) is 50.7 Å². The van der Waals surface area contributed by atoms with Crippen LogP contribution < -0.4 is 5.32 Å². The molecule has 2 saturated carbocycles. The Morgan fingerprint density at radius 3 is 2.65 bits per heavy atom. The van der Waals surface area contributed by atoms with Crippen molar-refractivity contribution in [2.24, 2.45) is 11.8 Å². The number of rotatable bonds is 10. The Bertz CT molecular complexity index is 214. The SMILES string of the molecule is CC(NCCN(C)CCOCC1CC1)C1CC1. The van der Waals surface area contributed by atoms with Gasteiger partial charge < -0.3 is 15.0 Å². The number of nitrogens with zero attached hydrogens (tertiary/aromatic N) is 1. The topological polar surface area (TPSA) is 24.5 Å². The maximum absolute atomic E-state index is 5.64. The highest BCUT2D eigenvalue weighted by Crippen LogP contribution is 2.32. The molecule has 2 aliphatic rings. The largest absolute Gasteiger partial charge is 0.380 e. The number of likely N-dealkylation sites (N-methyl/N-ethyl adjacent to an activating group) is 1. The Kier molecular flexibility index (Phi) is 5.26. The zero-order chi connectivity index (χ0) is 12.1. The van der Waals surface area contributed by atoms with Crippen molar-refractivity contribution in [3.8, 4) is 0 Å². The van der Waals surface area contributed by atoms with E-state index in [0.29, 0.717) is 0 Å². The van der Waals surface area contributed by atoms with Crippen molar-refractivity contribution >= 4 is 0 Å². The predicted molar refractivity (Wildman–Crippen MR) is 71.2 cm³/mol. The van der Waals surface area contributed by atoms with Gasteiger partial charge in [0, 0.05) is 32.3 Å². The summed E-state index contributed by atoms with van der Waals surface area (Å²) in [6, 6.07) is 0.717. The van der Waals surface area contributed by atoms with E-state index in [1.807, 2.05) is 0 Å². The lowest BCUT2D eigenvalue weighted by atomic mass is 10.2. The first-order chi connectivity index (χ1) is 8.25. The number of hydrogen-bond donors (Lipinski definition) is 1. The van der Waals surface area contributed by atoms with E-state index in [9.17, 15) is 0 Å². The van der Waals surface area contributed by atoms with E-state index in [4.69, 9.17) is 4.74 Å². The molecule has 3 nitrogen and oxygen atoms in total. The molecule has 2 fully saturated rings. The highest BCUT2D eigenvalue weighted by Gasteiger charge is 2.27. The van der Waals surface area contributed by atoms with Gasteiger partial charge in [-0.2, -0.15) is 0 Å². The predicted octanol–water partition coefficient (Wildman–Crippen LogP) is 1.73. The van der Waals surface area contributed by atoms with E-state index in [-0.39, 0.29) is 0 Å². The van der Waals surface area contributed by atoms with Gasteiger partial charge in [0.2, 0.25) is 0 Å². The zero-order valence-corrected chi connectivity index (χ0v) is 11.5. The van der Waals surface area contributed by atoms with Crippen LogP contribution in [0.25, 0.3) is 0 Å². The van der Waals surface area contributed by atoms with Gasteiger partial charge in [-0.3, -0.25) is 0 Å². The highest BCUT2D eigenvalue weighted by molar-refractivity contribution is 4.83. The maximum Gasteiger partial charge on any atom is 0.0593 e. The van der Waals surface area contributed by atoms with Gasteiger partial charge in [-0.1, -0.05) is 0 Å². The van der Waals surface area contributed by atoms with Gasteiger partial charge in [0.25, 0.3) is 0 Å². The summed E-state index contributed by atoms with van der Waals surface area (Å²) in [5, 5.41) is 3.61.